The Morgan fingerprint density at radius 2 is 1.79 bits per heavy atom. The van der Waals surface area contributed by atoms with E-state index in [9.17, 15) is 14.7 Å². The molecule has 142 valence electrons. The Labute approximate surface area is 162 Å². The molecule has 0 aliphatic carbocycles. The summed E-state index contributed by atoms with van der Waals surface area (Å²) in [5, 5.41) is 18.5. The van der Waals surface area contributed by atoms with Gasteiger partial charge in [-0.3, -0.25) is 9.59 Å². The summed E-state index contributed by atoms with van der Waals surface area (Å²) in [5.41, 5.74) is 4.66. The van der Waals surface area contributed by atoms with Crippen LogP contribution in [0.5, 0.6) is 5.75 Å². The highest BCUT2D eigenvalue weighted by atomic mass is 16.3. The van der Waals surface area contributed by atoms with Gasteiger partial charge in [-0.25, -0.2) is 5.43 Å². The van der Waals surface area contributed by atoms with Crippen LogP contribution in [0.3, 0.4) is 0 Å². The van der Waals surface area contributed by atoms with Crippen molar-refractivity contribution in [3.05, 3.63) is 71.8 Å². The van der Waals surface area contributed by atoms with E-state index in [1.165, 1.54) is 6.21 Å². The maximum Gasteiger partial charge on any atom is 0.240 e. The van der Waals surface area contributed by atoms with Gasteiger partial charge in [0.05, 0.1) is 6.21 Å². The SMILES string of the molecule is Cc1cccc(NC(=O)CCC(=O)N/N=C\c2c(O)ccc3ccccc23)c1. The monoisotopic (exact) mass is 375 g/mol. The molecule has 0 bridgehead atoms. The van der Waals surface area contributed by atoms with Gasteiger partial charge in [0.1, 0.15) is 5.75 Å². The molecule has 2 amide bonds. The van der Waals surface area contributed by atoms with Gasteiger partial charge >= 0.3 is 0 Å². The number of hydrogen-bond donors (Lipinski definition) is 3. The number of carbonyl (C=O) groups excluding carboxylic acids is 2. The van der Waals surface area contributed by atoms with Crippen molar-refractivity contribution in [3.63, 3.8) is 0 Å². The molecule has 0 aliphatic heterocycles. The highest BCUT2D eigenvalue weighted by Gasteiger charge is 2.08. The molecule has 28 heavy (non-hydrogen) atoms. The number of nitrogens with one attached hydrogen (secondary N) is 2. The first-order chi connectivity index (χ1) is 13.5. The minimum absolute atomic E-state index is 0.0104. The number of benzene rings is 3. The van der Waals surface area contributed by atoms with Gasteiger partial charge in [0, 0.05) is 24.1 Å². The van der Waals surface area contributed by atoms with Crippen LogP contribution >= 0.6 is 0 Å². The minimum Gasteiger partial charge on any atom is -0.507 e. The molecule has 0 fully saturated rings. The molecule has 3 aromatic carbocycles. The molecule has 6 nitrogen and oxygen atoms in total. The predicted molar refractivity (Wildman–Crippen MR) is 110 cm³/mol. The number of amides is 2. The van der Waals surface area contributed by atoms with Crippen LogP contribution in [0.2, 0.25) is 0 Å². The van der Waals surface area contributed by atoms with Gasteiger partial charge in [-0.1, -0.05) is 42.5 Å². The van der Waals surface area contributed by atoms with E-state index in [1.54, 1.807) is 12.1 Å². The van der Waals surface area contributed by atoms with Gasteiger partial charge in [0.15, 0.2) is 0 Å². The van der Waals surface area contributed by atoms with Gasteiger partial charge in [0.25, 0.3) is 0 Å². The molecule has 0 aliphatic rings. The number of fused-ring (bicyclic) bond motifs is 1. The van der Waals surface area contributed by atoms with Gasteiger partial charge in [-0.2, -0.15) is 5.10 Å². The lowest BCUT2D eigenvalue weighted by Gasteiger charge is -2.06. The van der Waals surface area contributed by atoms with Gasteiger partial charge in [-0.15, -0.1) is 0 Å². The van der Waals surface area contributed by atoms with Gasteiger partial charge < -0.3 is 10.4 Å². The Hall–Kier alpha value is -3.67. The maximum absolute atomic E-state index is 12.0. The normalized spacial score (nSPS) is 10.9. The highest BCUT2D eigenvalue weighted by molar-refractivity contribution is 6.02. The average Bonchev–Trinajstić information content (AvgIpc) is 2.68. The molecule has 0 saturated heterocycles. The van der Waals surface area contributed by atoms with E-state index in [0.29, 0.717) is 11.3 Å². The quantitative estimate of drug-likeness (QED) is 0.453. The van der Waals surface area contributed by atoms with E-state index in [-0.39, 0.29) is 30.4 Å². The standard InChI is InChI=1S/C22H21N3O3/c1-15-5-4-7-17(13-15)24-21(27)11-12-22(28)25-23-14-19-18-8-3-2-6-16(18)9-10-20(19)26/h2-10,13-14,26H,11-12H2,1H3,(H,24,27)(H,25,28)/b23-14-. The fourth-order valence-corrected chi connectivity index (χ4v) is 2.82. The number of rotatable bonds is 6. The first-order valence-corrected chi connectivity index (χ1v) is 8.92. The zero-order valence-electron chi connectivity index (χ0n) is 15.5. The smallest absolute Gasteiger partial charge is 0.240 e. The molecule has 3 aromatic rings. The summed E-state index contributed by atoms with van der Waals surface area (Å²) in [5.74, 6) is -0.541. The molecule has 0 unspecified atom stereocenters. The minimum atomic E-state index is -0.379. The maximum atomic E-state index is 12.0. The number of aryl methyl sites for hydroxylation is 1. The first kappa shape index (κ1) is 19.1. The third-order valence-electron chi connectivity index (χ3n) is 4.21. The van der Waals surface area contributed by atoms with Crippen molar-refractivity contribution < 1.29 is 14.7 Å². The number of nitrogens with zero attached hydrogens (tertiary/aromatic N) is 1. The average molecular weight is 375 g/mol. The molecule has 0 heterocycles. The number of hydrogen-bond acceptors (Lipinski definition) is 4. The summed E-state index contributed by atoms with van der Waals surface area (Å²) in [7, 11) is 0. The summed E-state index contributed by atoms with van der Waals surface area (Å²) in [6.45, 7) is 1.94. The Bertz CT molecular complexity index is 1040. The summed E-state index contributed by atoms with van der Waals surface area (Å²) in [4.78, 5) is 23.9. The number of aromatic hydroxyl groups is 1. The van der Waals surface area contributed by atoms with Crippen LogP contribution < -0.4 is 10.7 Å². The second kappa shape index (κ2) is 8.81. The Morgan fingerprint density at radius 3 is 2.61 bits per heavy atom. The number of anilines is 1. The van der Waals surface area contributed by atoms with Crippen LogP contribution in [0.4, 0.5) is 5.69 Å². The van der Waals surface area contributed by atoms with Crippen LogP contribution in [0.25, 0.3) is 10.8 Å². The molecule has 0 saturated carbocycles. The molecule has 0 atom stereocenters. The van der Waals surface area contributed by atoms with Crippen molar-refractivity contribution in [1.29, 1.82) is 0 Å². The number of hydrazone groups is 1. The van der Waals surface area contributed by atoms with Crippen molar-refractivity contribution in [2.24, 2.45) is 5.10 Å². The van der Waals surface area contributed by atoms with Crippen LogP contribution in [-0.4, -0.2) is 23.1 Å². The predicted octanol–water partition coefficient (Wildman–Crippen LogP) is 3.72. The van der Waals surface area contributed by atoms with E-state index in [1.807, 2.05) is 55.5 Å². The summed E-state index contributed by atoms with van der Waals surface area (Å²) < 4.78 is 0. The fourth-order valence-electron chi connectivity index (χ4n) is 2.82. The molecular weight excluding hydrogens is 354 g/mol. The first-order valence-electron chi connectivity index (χ1n) is 8.92. The molecule has 3 rings (SSSR count). The van der Waals surface area contributed by atoms with Crippen LogP contribution in [0.1, 0.15) is 24.0 Å². The van der Waals surface area contributed by atoms with Crippen LogP contribution in [0.15, 0.2) is 65.8 Å². The van der Waals surface area contributed by atoms with Crippen molar-refractivity contribution in [1.82, 2.24) is 5.43 Å². The van der Waals surface area contributed by atoms with Crippen LogP contribution in [-0.2, 0) is 9.59 Å². The lowest BCUT2D eigenvalue weighted by atomic mass is 10.0. The number of phenolic OH excluding ortho intramolecular Hbond substituents is 1. The van der Waals surface area contributed by atoms with E-state index < -0.39 is 0 Å². The third kappa shape index (κ3) is 4.94. The van der Waals surface area contributed by atoms with Crippen molar-refractivity contribution in [3.8, 4) is 5.75 Å². The number of phenols is 1. The third-order valence-corrected chi connectivity index (χ3v) is 4.21. The van der Waals surface area contributed by atoms with Crippen LogP contribution in [0, 0.1) is 6.92 Å². The highest BCUT2D eigenvalue weighted by Crippen LogP contribution is 2.25. The fraction of sp³-hybridized carbons (Fsp3) is 0.136. The van der Waals surface area contributed by atoms with Crippen molar-refractivity contribution in [2.45, 2.75) is 19.8 Å². The molecule has 0 aromatic heterocycles. The lowest BCUT2D eigenvalue weighted by molar-refractivity contribution is -0.124. The van der Waals surface area contributed by atoms with Gasteiger partial charge in [0.2, 0.25) is 11.8 Å². The van der Waals surface area contributed by atoms with E-state index in [0.717, 1.165) is 16.3 Å². The largest absolute Gasteiger partial charge is 0.507 e. The topological polar surface area (TPSA) is 90.8 Å². The molecular formula is C22H21N3O3. The lowest BCUT2D eigenvalue weighted by Crippen LogP contribution is -2.20. The van der Waals surface area contributed by atoms with Crippen molar-refractivity contribution >= 4 is 34.5 Å². The Morgan fingerprint density at radius 1 is 1.00 bits per heavy atom. The molecule has 0 spiro atoms. The molecule has 3 N–H and O–H groups in total. The van der Waals surface area contributed by atoms with E-state index in [4.69, 9.17) is 0 Å². The number of carbonyl (C=O) groups is 2. The van der Waals surface area contributed by atoms with Gasteiger partial charge in [-0.05, 0) is 41.5 Å². The Kier molecular flexibility index (Phi) is 6.01. The second-order valence-corrected chi connectivity index (χ2v) is 6.43. The zero-order valence-corrected chi connectivity index (χ0v) is 15.5. The summed E-state index contributed by atoms with van der Waals surface area (Å²) in [6.07, 6.45) is 1.47. The summed E-state index contributed by atoms with van der Waals surface area (Å²) in [6, 6.07) is 18.4. The molecule has 6 heteroatoms. The van der Waals surface area contributed by atoms with E-state index in [2.05, 4.69) is 15.8 Å². The molecule has 0 radical (unpaired) electrons. The van der Waals surface area contributed by atoms with E-state index >= 15 is 0 Å². The summed E-state index contributed by atoms with van der Waals surface area (Å²) >= 11 is 0. The second-order valence-electron chi connectivity index (χ2n) is 6.43. The van der Waals surface area contributed by atoms with Crippen molar-refractivity contribution in [2.75, 3.05) is 5.32 Å². The Balaban J connectivity index is 1.53. The zero-order chi connectivity index (χ0) is 19.9.